The SMILES string of the molecule is O=C(C1CCCN(S(=O)(=O)c2ccc(F)cc2)C1)N1CCc2ccccc21. The van der Waals surface area contributed by atoms with Crippen LogP contribution in [0.4, 0.5) is 10.1 Å². The van der Waals surface area contributed by atoms with Crippen LogP contribution in [0.15, 0.2) is 53.4 Å². The Morgan fingerprint density at radius 2 is 1.78 bits per heavy atom. The van der Waals surface area contributed by atoms with E-state index in [-0.39, 0.29) is 23.3 Å². The molecule has 27 heavy (non-hydrogen) atoms. The zero-order chi connectivity index (χ0) is 19.0. The summed E-state index contributed by atoms with van der Waals surface area (Å²) < 4.78 is 40.2. The van der Waals surface area contributed by atoms with Gasteiger partial charge in [-0.25, -0.2) is 12.8 Å². The van der Waals surface area contributed by atoms with Crippen molar-refractivity contribution >= 4 is 21.6 Å². The van der Waals surface area contributed by atoms with Crippen LogP contribution in [0.3, 0.4) is 0 Å². The number of para-hydroxylation sites is 1. The molecule has 2 aromatic rings. The second-order valence-electron chi connectivity index (χ2n) is 7.02. The maximum absolute atomic E-state index is 13.1. The van der Waals surface area contributed by atoms with E-state index in [9.17, 15) is 17.6 Å². The van der Waals surface area contributed by atoms with E-state index in [0.29, 0.717) is 25.9 Å². The lowest BCUT2D eigenvalue weighted by atomic mass is 9.98. The van der Waals surface area contributed by atoms with Crippen molar-refractivity contribution in [3.8, 4) is 0 Å². The summed E-state index contributed by atoms with van der Waals surface area (Å²) in [6.45, 7) is 1.18. The molecule has 2 aromatic carbocycles. The molecule has 1 unspecified atom stereocenters. The highest BCUT2D eigenvalue weighted by molar-refractivity contribution is 7.89. The Morgan fingerprint density at radius 3 is 2.56 bits per heavy atom. The van der Waals surface area contributed by atoms with Crippen LogP contribution in [0.1, 0.15) is 18.4 Å². The Balaban J connectivity index is 1.53. The maximum atomic E-state index is 13.1. The Kier molecular flexibility index (Phi) is 4.74. The molecule has 0 radical (unpaired) electrons. The van der Waals surface area contributed by atoms with Gasteiger partial charge in [0.15, 0.2) is 0 Å². The van der Waals surface area contributed by atoms with Crippen LogP contribution in [0.25, 0.3) is 0 Å². The minimum absolute atomic E-state index is 0.0149. The Morgan fingerprint density at radius 1 is 1.04 bits per heavy atom. The second kappa shape index (κ2) is 7.05. The molecule has 0 bridgehead atoms. The summed E-state index contributed by atoms with van der Waals surface area (Å²) in [6, 6.07) is 12.7. The molecule has 142 valence electrons. The van der Waals surface area contributed by atoms with Gasteiger partial charge in [-0.1, -0.05) is 18.2 Å². The number of amides is 1. The zero-order valence-electron chi connectivity index (χ0n) is 14.8. The van der Waals surface area contributed by atoms with Crippen molar-refractivity contribution in [3.63, 3.8) is 0 Å². The first-order valence-electron chi connectivity index (χ1n) is 9.12. The number of fused-ring (bicyclic) bond motifs is 1. The van der Waals surface area contributed by atoms with Crippen molar-refractivity contribution in [1.82, 2.24) is 4.31 Å². The van der Waals surface area contributed by atoms with Gasteiger partial charge < -0.3 is 4.90 Å². The van der Waals surface area contributed by atoms with Gasteiger partial charge in [-0.2, -0.15) is 4.31 Å². The van der Waals surface area contributed by atoms with Crippen LogP contribution in [-0.2, 0) is 21.2 Å². The highest BCUT2D eigenvalue weighted by atomic mass is 32.2. The average molecular weight is 388 g/mol. The van der Waals surface area contributed by atoms with Crippen molar-refractivity contribution in [3.05, 3.63) is 59.9 Å². The van der Waals surface area contributed by atoms with Crippen molar-refractivity contribution < 1.29 is 17.6 Å². The van der Waals surface area contributed by atoms with Gasteiger partial charge >= 0.3 is 0 Å². The van der Waals surface area contributed by atoms with Crippen LogP contribution in [-0.4, -0.2) is 38.3 Å². The van der Waals surface area contributed by atoms with Gasteiger partial charge in [-0.15, -0.1) is 0 Å². The van der Waals surface area contributed by atoms with E-state index in [1.165, 1.54) is 16.4 Å². The van der Waals surface area contributed by atoms with Crippen LogP contribution >= 0.6 is 0 Å². The Hall–Kier alpha value is -2.25. The molecule has 0 N–H and O–H groups in total. The molecule has 4 rings (SSSR count). The molecule has 2 aliphatic rings. The third-order valence-corrected chi connectivity index (χ3v) is 7.22. The highest BCUT2D eigenvalue weighted by Gasteiger charge is 2.36. The number of hydrogen-bond acceptors (Lipinski definition) is 3. The van der Waals surface area contributed by atoms with Crippen molar-refractivity contribution in [2.75, 3.05) is 24.5 Å². The number of carbonyl (C=O) groups is 1. The van der Waals surface area contributed by atoms with Gasteiger partial charge in [0.25, 0.3) is 0 Å². The lowest BCUT2D eigenvalue weighted by Crippen LogP contribution is -2.46. The predicted octanol–water partition coefficient (Wildman–Crippen LogP) is 2.82. The first kappa shape index (κ1) is 18.1. The molecular formula is C20H21FN2O3S. The minimum atomic E-state index is -3.73. The predicted molar refractivity (Wildman–Crippen MR) is 100 cm³/mol. The van der Waals surface area contributed by atoms with Crippen LogP contribution < -0.4 is 4.90 Å². The van der Waals surface area contributed by atoms with Crippen molar-refractivity contribution in [2.45, 2.75) is 24.2 Å². The molecule has 1 amide bonds. The molecular weight excluding hydrogens is 367 g/mol. The largest absolute Gasteiger partial charge is 0.312 e. The van der Waals surface area contributed by atoms with E-state index in [0.717, 1.165) is 29.8 Å². The lowest BCUT2D eigenvalue weighted by molar-refractivity contribution is -0.123. The summed E-state index contributed by atoms with van der Waals surface area (Å²) in [7, 11) is -3.73. The molecule has 0 aromatic heterocycles. The first-order chi connectivity index (χ1) is 13.0. The third-order valence-electron chi connectivity index (χ3n) is 5.34. The summed E-state index contributed by atoms with van der Waals surface area (Å²) in [5.74, 6) is -0.854. The molecule has 1 fully saturated rings. The summed E-state index contributed by atoms with van der Waals surface area (Å²) >= 11 is 0. The number of hydrogen-bond donors (Lipinski definition) is 0. The van der Waals surface area contributed by atoms with E-state index >= 15 is 0 Å². The number of piperidine rings is 1. The molecule has 7 heteroatoms. The molecule has 0 saturated carbocycles. The topological polar surface area (TPSA) is 57.7 Å². The normalized spacial score (nSPS) is 20.5. The van der Waals surface area contributed by atoms with Gasteiger partial charge in [0, 0.05) is 25.3 Å². The first-order valence-corrected chi connectivity index (χ1v) is 10.6. The minimum Gasteiger partial charge on any atom is -0.312 e. The molecule has 2 heterocycles. The van der Waals surface area contributed by atoms with E-state index in [4.69, 9.17) is 0 Å². The van der Waals surface area contributed by atoms with Crippen LogP contribution in [0.5, 0.6) is 0 Å². The molecule has 0 aliphatic carbocycles. The van der Waals surface area contributed by atoms with Crippen molar-refractivity contribution in [1.29, 1.82) is 0 Å². The fraction of sp³-hybridized carbons (Fsp3) is 0.350. The number of rotatable bonds is 3. The van der Waals surface area contributed by atoms with E-state index in [1.54, 1.807) is 4.90 Å². The Bertz CT molecular complexity index is 959. The van der Waals surface area contributed by atoms with E-state index in [2.05, 4.69) is 0 Å². The number of nitrogens with zero attached hydrogens (tertiary/aromatic N) is 2. The van der Waals surface area contributed by atoms with Gasteiger partial charge in [0.1, 0.15) is 5.82 Å². The summed E-state index contributed by atoms with van der Waals surface area (Å²) in [6.07, 6.45) is 2.13. The summed E-state index contributed by atoms with van der Waals surface area (Å²) in [4.78, 5) is 14.9. The number of benzene rings is 2. The van der Waals surface area contributed by atoms with E-state index < -0.39 is 15.8 Å². The number of sulfonamides is 1. The van der Waals surface area contributed by atoms with Gasteiger partial charge in [0.05, 0.1) is 10.8 Å². The highest BCUT2D eigenvalue weighted by Crippen LogP contribution is 2.31. The van der Waals surface area contributed by atoms with Crippen LogP contribution in [0.2, 0.25) is 0 Å². The van der Waals surface area contributed by atoms with Gasteiger partial charge in [-0.3, -0.25) is 4.79 Å². The molecule has 1 saturated heterocycles. The van der Waals surface area contributed by atoms with Crippen molar-refractivity contribution in [2.24, 2.45) is 5.92 Å². The summed E-state index contributed by atoms with van der Waals surface area (Å²) in [5.41, 5.74) is 2.08. The number of halogens is 1. The van der Waals surface area contributed by atoms with E-state index in [1.807, 2.05) is 24.3 Å². The molecule has 5 nitrogen and oxygen atoms in total. The zero-order valence-corrected chi connectivity index (χ0v) is 15.7. The van der Waals surface area contributed by atoms with Crippen LogP contribution in [0, 0.1) is 11.7 Å². The fourth-order valence-corrected chi connectivity index (χ4v) is 5.43. The molecule has 2 aliphatic heterocycles. The Labute approximate surface area is 158 Å². The summed E-state index contributed by atoms with van der Waals surface area (Å²) in [5, 5.41) is 0. The maximum Gasteiger partial charge on any atom is 0.243 e. The van der Waals surface area contributed by atoms with Gasteiger partial charge in [0.2, 0.25) is 15.9 Å². The smallest absolute Gasteiger partial charge is 0.243 e. The number of anilines is 1. The second-order valence-corrected chi connectivity index (χ2v) is 8.96. The average Bonchev–Trinajstić information content (AvgIpc) is 3.12. The standard InChI is InChI=1S/C20H21FN2O3S/c21-17-7-9-18(10-8-17)27(25,26)22-12-3-5-16(14-22)20(24)23-13-11-15-4-1-2-6-19(15)23/h1-2,4,6-10,16H,3,5,11-14H2. The quantitative estimate of drug-likeness (QED) is 0.812. The molecule has 0 spiro atoms. The number of carbonyl (C=O) groups excluding carboxylic acids is 1. The monoisotopic (exact) mass is 388 g/mol. The lowest BCUT2D eigenvalue weighted by Gasteiger charge is -2.33. The molecule has 1 atom stereocenters. The van der Waals surface area contributed by atoms with Gasteiger partial charge in [-0.05, 0) is 55.2 Å². The fourth-order valence-electron chi connectivity index (χ4n) is 3.91. The third kappa shape index (κ3) is 3.37.